The van der Waals surface area contributed by atoms with Crippen molar-refractivity contribution in [1.29, 1.82) is 0 Å². The fraction of sp³-hybridized carbons (Fsp3) is 0.824. The summed E-state index contributed by atoms with van der Waals surface area (Å²) in [5, 5.41) is 57.1. The summed E-state index contributed by atoms with van der Waals surface area (Å²) in [5.41, 5.74) is 0. The van der Waals surface area contributed by atoms with Crippen LogP contribution in [0.15, 0.2) is 60.8 Å². The van der Waals surface area contributed by atoms with Crippen LogP contribution in [0.4, 0.5) is 0 Å². The highest BCUT2D eigenvalue weighted by molar-refractivity contribution is 5.80. The molecule has 11 heteroatoms. The van der Waals surface area contributed by atoms with Crippen LogP contribution in [0.5, 0.6) is 0 Å². The van der Waals surface area contributed by atoms with Gasteiger partial charge in [0.15, 0.2) is 12.4 Å². The molecule has 460 valence electrons. The van der Waals surface area contributed by atoms with Gasteiger partial charge in [0.05, 0.1) is 25.4 Å². The first-order chi connectivity index (χ1) is 38.7. The van der Waals surface area contributed by atoms with Crippen molar-refractivity contribution in [3.05, 3.63) is 60.8 Å². The predicted molar refractivity (Wildman–Crippen MR) is 329 cm³/mol. The van der Waals surface area contributed by atoms with Crippen LogP contribution in [-0.4, -0.2) is 99.6 Å². The number of aliphatic hydroxyl groups excluding tert-OH is 5. The Kier molecular flexibility index (Phi) is 52.6. The number of hydrogen-bond donors (Lipinski definition) is 6. The molecule has 1 saturated heterocycles. The number of rotatable bonds is 56. The number of carbonyl (C=O) groups is 2. The quantitative estimate of drug-likeness (QED) is 0.0195. The Bertz CT molecular complexity index is 1510. The molecule has 1 heterocycles. The molecule has 1 aliphatic rings. The first kappa shape index (κ1) is 74.4. The van der Waals surface area contributed by atoms with Gasteiger partial charge in [0, 0.05) is 6.42 Å². The van der Waals surface area contributed by atoms with Gasteiger partial charge in [-0.15, -0.1) is 0 Å². The standard InChI is InChI=1S/C68H123NO10/c1-4-7-10-13-16-19-22-24-26-28-30-31-32-34-36-38-41-44-47-50-53-56-63(73)79-66-65(75)64(74)62(57-70)78-68(66)77-58-59(60(71)54-51-48-45-42-39-21-18-15-12-9-6-3)69-67(76)61(72)55-52-49-46-43-40-37-35-33-29-27-25-23-20-17-14-11-8-5-2/h16,19,24-27,30-31,51,54,59-62,64-66,68,70-72,74-75H,4-15,17-18,20-23,28-29,32-50,52-53,55-58H2,1-3H3,(H,69,76)/b19-16-,26-24-,27-25+,31-30-,54-51+. The Morgan fingerprint density at radius 1 is 0.494 bits per heavy atom. The van der Waals surface area contributed by atoms with Crippen molar-refractivity contribution >= 4 is 11.9 Å². The zero-order valence-electron chi connectivity index (χ0n) is 51.0. The third-order valence-electron chi connectivity index (χ3n) is 15.4. The van der Waals surface area contributed by atoms with Gasteiger partial charge in [0.2, 0.25) is 5.91 Å². The lowest BCUT2D eigenvalue weighted by atomic mass is 9.99. The normalized spacial score (nSPS) is 19.2. The average molecular weight is 1110 g/mol. The van der Waals surface area contributed by atoms with E-state index in [1.165, 1.54) is 161 Å². The summed E-state index contributed by atoms with van der Waals surface area (Å²) in [6.07, 6.45) is 59.7. The predicted octanol–water partition coefficient (Wildman–Crippen LogP) is 16.2. The minimum atomic E-state index is -1.62. The minimum absolute atomic E-state index is 0.114. The van der Waals surface area contributed by atoms with Crippen LogP contribution >= 0.6 is 0 Å². The number of aliphatic hydroxyl groups is 5. The molecule has 0 aliphatic carbocycles. The molecule has 0 bridgehead atoms. The molecule has 1 amide bonds. The van der Waals surface area contributed by atoms with E-state index in [0.717, 1.165) is 89.9 Å². The maximum absolute atomic E-state index is 13.4. The second-order valence-electron chi connectivity index (χ2n) is 22.8. The summed E-state index contributed by atoms with van der Waals surface area (Å²) < 4.78 is 17.6. The van der Waals surface area contributed by atoms with Crippen molar-refractivity contribution in [3.63, 3.8) is 0 Å². The van der Waals surface area contributed by atoms with Crippen LogP contribution in [0, 0.1) is 0 Å². The molecule has 0 aromatic carbocycles. The zero-order valence-corrected chi connectivity index (χ0v) is 51.0. The molecule has 8 unspecified atom stereocenters. The highest BCUT2D eigenvalue weighted by Gasteiger charge is 2.47. The van der Waals surface area contributed by atoms with Gasteiger partial charge in [-0.1, -0.05) is 261 Å². The molecular formula is C68H123NO10. The Morgan fingerprint density at radius 3 is 1.34 bits per heavy atom. The number of hydrogen-bond acceptors (Lipinski definition) is 10. The molecule has 1 fully saturated rings. The number of unbranched alkanes of at least 4 members (excludes halogenated alkanes) is 34. The molecule has 0 radical (unpaired) electrons. The summed E-state index contributed by atoms with van der Waals surface area (Å²) >= 11 is 0. The molecule has 0 saturated carbocycles. The maximum atomic E-state index is 13.4. The molecule has 1 rings (SSSR count). The summed E-state index contributed by atoms with van der Waals surface area (Å²) in [6.45, 7) is 5.77. The molecule has 79 heavy (non-hydrogen) atoms. The Balaban J connectivity index is 2.62. The van der Waals surface area contributed by atoms with Gasteiger partial charge in [0.25, 0.3) is 0 Å². The summed E-state index contributed by atoms with van der Waals surface area (Å²) in [6, 6.07) is -1.03. The molecule has 0 spiro atoms. The smallest absolute Gasteiger partial charge is 0.306 e. The number of carbonyl (C=O) groups excluding carboxylic acids is 2. The van der Waals surface area contributed by atoms with Crippen molar-refractivity contribution in [3.8, 4) is 0 Å². The number of ether oxygens (including phenoxy) is 3. The summed E-state index contributed by atoms with van der Waals surface area (Å²) in [7, 11) is 0. The zero-order chi connectivity index (χ0) is 57.5. The first-order valence-corrected chi connectivity index (χ1v) is 33.1. The monoisotopic (exact) mass is 1110 g/mol. The van der Waals surface area contributed by atoms with Gasteiger partial charge in [-0.2, -0.15) is 0 Å². The topological polar surface area (TPSA) is 175 Å². The second kappa shape index (κ2) is 55.9. The van der Waals surface area contributed by atoms with E-state index in [1.807, 2.05) is 6.08 Å². The van der Waals surface area contributed by atoms with E-state index in [-0.39, 0.29) is 19.4 Å². The Morgan fingerprint density at radius 2 is 0.873 bits per heavy atom. The molecule has 0 aromatic rings. The van der Waals surface area contributed by atoms with E-state index in [4.69, 9.17) is 14.2 Å². The van der Waals surface area contributed by atoms with Gasteiger partial charge < -0.3 is 45.1 Å². The van der Waals surface area contributed by atoms with Gasteiger partial charge in [0.1, 0.15) is 24.4 Å². The van der Waals surface area contributed by atoms with Crippen LogP contribution in [0.25, 0.3) is 0 Å². The fourth-order valence-corrected chi connectivity index (χ4v) is 10.1. The van der Waals surface area contributed by atoms with E-state index < -0.39 is 67.4 Å². The van der Waals surface area contributed by atoms with Crippen LogP contribution < -0.4 is 5.32 Å². The highest BCUT2D eigenvalue weighted by atomic mass is 16.7. The Labute approximate surface area is 484 Å². The van der Waals surface area contributed by atoms with E-state index in [0.29, 0.717) is 12.8 Å². The number of esters is 1. The van der Waals surface area contributed by atoms with Crippen molar-refractivity contribution < 1.29 is 49.3 Å². The van der Waals surface area contributed by atoms with Crippen LogP contribution in [0.3, 0.4) is 0 Å². The lowest BCUT2D eigenvalue weighted by molar-refractivity contribution is -0.305. The van der Waals surface area contributed by atoms with Crippen molar-refractivity contribution in [2.24, 2.45) is 0 Å². The SMILES string of the molecule is CCCCC/C=C\C/C=C\C/C=C\CCCCCCCCCCC(=O)OC1C(OCC(NC(=O)C(O)CCCCCCCCCC/C=C/CCCCCCCC)C(O)/C=C/CCCCCCCCCCC)OC(CO)C(O)C1O. The maximum Gasteiger partial charge on any atom is 0.306 e. The van der Waals surface area contributed by atoms with Gasteiger partial charge in [-0.25, -0.2) is 0 Å². The highest BCUT2D eigenvalue weighted by Crippen LogP contribution is 2.26. The average Bonchev–Trinajstić information content (AvgIpc) is 3.47. The van der Waals surface area contributed by atoms with Gasteiger partial charge >= 0.3 is 5.97 Å². The second-order valence-corrected chi connectivity index (χ2v) is 22.8. The molecule has 6 N–H and O–H groups in total. The Hall–Kier alpha value is -2.64. The van der Waals surface area contributed by atoms with Crippen molar-refractivity contribution in [1.82, 2.24) is 5.32 Å². The third kappa shape index (κ3) is 43.7. The number of nitrogens with one attached hydrogen (secondary N) is 1. The van der Waals surface area contributed by atoms with E-state index >= 15 is 0 Å². The van der Waals surface area contributed by atoms with Crippen LogP contribution in [0.1, 0.15) is 297 Å². The van der Waals surface area contributed by atoms with Gasteiger partial charge in [-0.3, -0.25) is 9.59 Å². The number of allylic oxidation sites excluding steroid dienone is 9. The molecule has 0 aromatic heterocycles. The lowest BCUT2D eigenvalue weighted by Crippen LogP contribution is -2.61. The van der Waals surface area contributed by atoms with E-state index in [1.54, 1.807) is 6.08 Å². The third-order valence-corrected chi connectivity index (χ3v) is 15.4. The lowest BCUT2D eigenvalue weighted by Gasteiger charge is -2.41. The fourth-order valence-electron chi connectivity index (χ4n) is 10.1. The first-order valence-electron chi connectivity index (χ1n) is 33.1. The van der Waals surface area contributed by atoms with Crippen LogP contribution in [-0.2, 0) is 23.8 Å². The largest absolute Gasteiger partial charge is 0.454 e. The van der Waals surface area contributed by atoms with Crippen molar-refractivity contribution in [2.75, 3.05) is 13.2 Å². The van der Waals surface area contributed by atoms with E-state index in [2.05, 4.69) is 74.7 Å². The molecule has 1 aliphatic heterocycles. The summed E-state index contributed by atoms with van der Waals surface area (Å²) in [5.74, 6) is -1.20. The number of amides is 1. The molecular weight excluding hydrogens is 991 g/mol. The molecule has 8 atom stereocenters. The summed E-state index contributed by atoms with van der Waals surface area (Å²) in [4.78, 5) is 26.6. The van der Waals surface area contributed by atoms with E-state index in [9.17, 15) is 35.1 Å². The van der Waals surface area contributed by atoms with Crippen molar-refractivity contribution in [2.45, 2.75) is 346 Å². The van der Waals surface area contributed by atoms with Gasteiger partial charge in [-0.05, 0) is 89.9 Å². The molecule has 11 nitrogen and oxygen atoms in total. The van der Waals surface area contributed by atoms with Crippen LogP contribution in [0.2, 0.25) is 0 Å². The minimum Gasteiger partial charge on any atom is -0.454 e.